The molecule has 1 fully saturated rings. The summed E-state index contributed by atoms with van der Waals surface area (Å²) in [7, 11) is 0. The number of aromatic nitrogens is 1. The number of hydrogen-bond donors (Lipinski definition) is 2. The van der Waals surface area contributed by atoms with Crippen LogP contribution in [0.5, 0.6) is 0 Å². The van der Waals surface area contributed by atoms with Crippen molar-refractivity contribution in [3.63, 3.8) is 0 Å². The minimum Gasteiger partial charge on any atom is -0.393 e. The van der Waals surface area contributed by atoms with E-state index in [0.717, 1.165) is 32.5 Å². The molecule has 1 aromatic heterocycles. The Labute approximate surface area is 119 Å². The van der Waals surface area contributed by atoms with E-state index in [-0.39, 0.29) is 12.0 Å². The monoisotopic (exact) mass is 281 g/mol. The van der Waals surface area contributed by atoms with Crippen LogP contribution in [0, 0.1) is 12.8 Å². The van der Waals surface area contributed by atoms with Gasteiger partial charge in [-0.05, 0) is 45.7 Å². The Balaban J connectivity index is 1.67. The lowest BCUT2D eigenvalue weighted by Crippen LogP contribution is -2.38. The Kier molecular flexibility index (Phi) is 5.14. The minimum absolute atomic E-state index is 0.0454. The summed E-state index contributed by atoms with van der Waals surface area (Å²) in [5, 5.41) is 16.0. The zero-order valence-corrected chi connectivity index (χ0v) is 12.1. The number of aliphatic hydroxyl groups excluding tert-OH is 1. The van der Waals surface area contributed by atoms with Crippen LogP contribution in [-0.4, -0.2) is 46.8 Å². The minimum atomic E-state index is -0.226. The molecule has 1 amide bonds. The number of amides is 1. The highest BCUT2D eigenvalue weighted by atomic mass is 16.5. The number of rotatable bonds is 5. The van der Waals surface area contributed by atoms with Gasteiger partial charge in [-0.15, -0.1) is 0 Å². The van der Waals surface area contributed by atoms with Crippen molar-refractivity contribution < 1.29 is 14.4 Å². The molecule has 0 saturated carbocycles. The lowest BCUT2D eigenvalue weighted by molar-refractivity contribution is -0.116. The largest absolute Gasteiger partial charge is 0.393 e. The number of piperidine rings is 1. The predicted octanol–water partition coefficient (Wildman–Crippen LogP) is 1.40. The molecule has 20 heavy (non-hydrogen) atoms. The molecule has 0 aliphatic carbocycles. The molecule has 2 rings (SSSR count). The van der Waals surface area contributed by atoms with Crippen LogP contribution in [0.1, 0.15) is 31.9 Å². The highest BCUT2D eigenvalue weighted by Gasteiger charge is 2.22. The van der Waals surface area contributed by atoms with Crippen molar-refractivity contribution in [2.24, 2.45) is 5.92 Å². The first kappa shape index (κ1) is 15.0. The van der Waals surface area contributed by atoms with Crippen molar-refractivity contribution in [2.75, 3.05) is 25.0 Å². The van der Waals surface area contributed by atoms with Gasteiger partial charge in [0.05, 0.1) is 6.10 Å². The number of carbonyl (C=O) groups excluding carboxylic acids is 1. The molecule has 0 aromatic carbocycles. The molecule has 6 nitrogen and oxygen atoms in total. The molecule has 6 heteroatoms. The lowest BCUT2D eigenvalue weighted by Gasteiger charge is -2.33. The van der Waals surface area contributed by atoms with Crippen molar-refractivity contribution in [1.29, 1.82) is 0 Å². The highest BCUT2D eigenvalue weighted by molar-refractivity contribution is 5.89. The van der Waals surface area contributed by atoms with Crippen LogP contribution in [0.4, 0.5) is 5.82 Å². The van der Waals surface area contributed by atoms with E-state index in [1.165, 1.54) is 0 Å². The molecule has 2 heterocycles. The standard InChI is InChI=1S/C14H23N3O3/c1-10-9-13(16-20-10)15-14(19)5-8-17-6-3-12(4-7-17)11(2)18/h9,11-12,18H,3-8H2,1-2H3,(H,15,16,19). The van der Waals surface area contributed by atoms with Crippen LogP contribution in [0.3, 0.4) is 0 Å². The van der Waals surface area contributed by atoms with Crippen molar-refractivity contribution in [2.45, 2.75) is 39.2 Å². The number of nitrogens with zero attached hydrogens (tertiary/aromatic N) is 2. The van der Waals surface area contributed by atoms with Crippen LogP contribution in [0.15, 0.2) is 10.6 Å². The molecule has 1 unspecified atom stereocenters. The molecule has 1 saturated heterocycles. The molecular formula is C14H23N3O3. The lowest BCUT2D eigenvalue weighted by atomic mass is 9.92. The van der Waals surface area contributed by atoms with Gasteiger partial charge in [0.25, 0.3) is 0 Å². The molecule has 0 bridgehead atoms. The van der Waals surface area contributed by atoms with Crippen LogP contribution in [0.25, 0.3) is 0 Å². The first-order valence-electron chi connectivity index (χ1n) is 7.18. The molecule has 1 aliphatic heterocycles. The fourth-order valence-corrected chi connectivity index (χ4v) is 2.55. The van der Waals surface area contributed by atoms with Gasteiger partial charge in [0, 0.05) is 19.0 Å². The zero-order chi connectivity index (χ0) is 14.5. The summed E-state index contributed by atoms with van der Waals surface area (Å²) in [5.41, 5.74) is 0. The Morgan fingerprint density at radius 3 is 2.85 bits per heavy atom. The van der Waals surface area contributed by atoms with Gasteiger partial charge in [-0.3, -0.25) is 4.79 Å². The summed E-state index contributed by atoms with van der Waals surface area (Å²) < 4.78 is 4.90. The first-order chi connectivity index (χ1) is 9.54. The van der Waals surface area contributed by atoms with Crippen LogP contribution < -0.4 is 5.32 Å². The maximum atomic E-state index is 11.8. The van der Waals surface area contributed by atoms with Gasteiger partial charge in [0.2, 0.25) is 5.91 Å². The van der Waals surface area contributed by atoms with Crippen molar-refractivity contribution in [3.8, 4) is 0 Å². The third kappa shape index (κ3) is 4.31. The molecule has 1 atom stereocenters. The number of carbonyl (C=O) groups is 1. The van der Waals surface area contributed by atoms with Gasteiger partial charge in [-0.1, -0.05) is 5.16 Å². The normalized spacial score (nSPS) is 18.9. The van der Waals surface area contributed by atoms with Gasteiger partial charge in [-0.25, -0.2) is 0 Å². The van der Waals surface area contributed by atoms with Crippen molar-refractivity contribution >= 4 is 11.7 Å². The second-order valence-electron chi connectivity index (χ2n) is 5.54. The van der Waals surface area contributed by atoms with Gasteiger partial charge in [-0.2, -0.15) is 0 Å². The van der Waals surface area contributed by atoms with Gasteiger partial charge < -0.3 is 19.8 Å². The van der Waals surface area contributed by atoms with Crippen LogP contribution in [0.2, 0.25) is 0 Å². The van der Waals surface area contributed by atoms with E-state index in [1.807, 2.05) is 6.92 Å². The fraction of sp³-hybridized carbons (Fsp3) is 0.714. The summed E-state index contributed by atoms with van der Waals surface area (Å²) in [6.45, 7) is 6.29. The molecular weight excluding hydrogens is 258 g/mol. The molecule has 2 N–H and O–H groups in total. The van der Waals surface area contributed by atoms with Crippen molar-refractivity contribution in [3.05, 3.63) is 11.8 Å². The number of aryl methyl sites for hydroxylation is 1. The SMILES string of the molecule is Cc1cc(NC(=O)CCN2CCC(C(C)O)CC2)no1. The number of hydrogen-bond acceptors (Lipinski definition) is 5. The number of likely N-dealkylation sites (tertiary alicyclic amines) is 1. The molecule has 1 aromatic rings. The maximum Gasteiger partial charge on any atom is 0.226 e. The molecule has 1 aliphatic rings. The number of nitrogens with one attached hydrogen (secondary N) is 1. The van der Waals surface area contributed by atoms with Crippen molar-refractivity contribution in [1.82, 2.24) is 10.1 Å². The topological polar surface area (TPSA) is 78.6 Å². The van der Waals surface area contributed by atoms with E-state index in [4.69, 9.17) is 4.52 Å². The fourth-order valence-electron chi connectivity index (χ4n) is 2.55. The highest BCUT2D eigenvalue weighted by Crippen LogP contribution is 2.20. The maximum absolute atomic E-state index is 11.8. The molecule has 112 valence electrons. The van der Waals surface area contributed by atoms with E-state index < -0.39 is 0 Å². The second kappa shape index (κ2) is 6.85. The van der Waals surface area contributed by atoms with E-state index in [0.29, 0.717) is 23.9 Å². The third-order valence-electron chi connectivity index (χ3n) is 3.87. The van der Waals surface area contributed by atoms with E-state index >= 15 is 0 Å². The Morgan fingerprint density at radius 1 is 1.60 bits per heavy atom. The number of anilines is 1. The van der Waals surface area contributed by atoms with Crippen LogP contribution >= 0.6 is 0 Å². The second-order valence-corrected chi connectivity index (χ2v) is 5.54. The zero-order valence-electron chi connectivity index (χ0n) is 12.1. The van der Waals surface area contributed by atoms with E-state index in [9.17, 15) is 9.90 Å². The third-order valence-corrected chi connectivity index (χ3v) is 3.87. The summed E-state index contributed by atoms with van der Waals surface area (Å²) in [6.07, 6.45) is 2.23. The summed E-state index contributed by atoms with van der Waals surface area (Å²) >= 11 is 0. The van der Waals surface area contributed by atoms with Crippen LogP contribution in [-0.2, 0) is 4.79 Å². The van der Waals surface area contributed by atoms with Gasteiger partial charge >= 0.3 is 0 Å². The van der Waals surface area contributed by atoms with Gasteiger partial charge in [0.15, 0.2) is 5.82 Å². The average molecular weight is 281 g/mol. The van der Waals surface area contributed by atoms with Gasteiger partial charge in [0.1, 0.15) is 5.76 Å². The molecule has 0 spiro atoms. The summed E-state index contributed by atoms with van der Waals surface area (Å²) in [4.78, 5) is 14.0. The summed E-state index contributed by atoms with van der Waals surface area (Å²) in [6, 6.07) is 1.70. The summed E-state index contributed by atoms with van der Waals surface area (Å²) in [5.74, 6) is 1.51. The predicted molar refractivity (Wildman–Crippen MR) is 75.3 cm³/mol. The quantitative estimate of drug-likeness (QED) is 0.853. The number of aliphatic hydroxyl groups is 1. The molecule has 0 radical (unpaired) electrons. The Hall–Kier alpha value is -1.40. The first-order valence-corrected chi connectivity index (χ1v) is 7.18. The smallest absolute Gasteiger partial charge is 0.226 e. The van der Waals surface area contributed by atoms with E-state index in [1.54, 1.807) is 13.0 Å². The Morgan fingerprint density at radius 2 is 2.30 bits per heavy atom. The van der Waals surface area contributed by atoms with E-state index in [2.05, 4.69) is 15.4 Å². The Bertz CT molecular complexity index is 437. The average Bonchev–Trinajstić information content (AvgIpc) is 2.82.